The molecule has 2 heterocycles. The van der Waals surface area contributed by atoms with Gasteiger partial charge in [-0.2, -0.15) is 0 Å². The van der Waals surface area contributed by atoms with Crippen LogP contribution in [0.5, 0.6) is 0 Å². The fourth-order valence-corrected chi connectivity index (χ4v) is 5.08. The van der Waals surface area contributed by atoms with Gasteiger partial charge in [-0.05, 0) is 50.6 Å². The highest BCUT2D eigenvalue weighted by atomic mass is 32.2. The van der Waals surface area contributed by atoms with Gasteiger partial charge in [-0.3, -0.25) is 14.9 Å². The van der Waals surface area contributed by atoms with Crippen molar-refractivity contribution in [3.8, 4) is 11.3 Å². The van der Waals surface area contributed by atoms with Gasteiger partial charge in [-0.15, -0.1) is 0 Å². The first-order valence-corrected chi connectivity index (χ1v) is 12.9. The van der Waals surface area contributed by atoms with E-state index in [1.807, 2.05) is 19.1 Å². The molecule has 3 aromatic rings. The third-order valence-electron chi connectivity index (χ3n) is 5.97. The van der Waals surface area contributed by atoms with Crippen molar-refractivity contribution in [2.45, 2.75) is 24.7 Å². The molecule has 1 aromatic heterocycles. The number of hydrogen-bond donors (Lipinski definition) is 1. The Morgan fingerprint density at radius 3 is 2.48 bits per heavy atom. The standard InChI is InChI=1S/C25H31N5O2S/c1-21-7-9-24(10-8-21)33(31,32)28-11-2-3-14-29-15-17-30(18-16-29)23-6-4-5-22(19-23)25-20-26-12-13-27-25/h4-10,12-13,19-20,28H,2-3,11,14-18H2,1H3. The lowest BCUT2D eigenvalue weighted by Gasteiger charge is -2.36. The SMILES string of the molecule is Cc1ccc(S(=O)(=O)NCCCCN2CCN(c3cccc(-c4cnccn4)c3)CC2)cc1. The number of nitrogens with one attached hydrogen (secondary N) is 1. The third-order valence-corrected chi connectivity index (χ3v) is 7.44. The Kier molecular flexibility index (Phi) is 7.69. The van der Waals surface area contributed by atoms with Crippen LogP contribution in [0.3, 0.4) is 0 Å². The number of aryl methyl sites for hydroxylation is 1. The molecule has 7 nitrogen and oxygen atoms in total. The van der Waals surface area contributed by atoms with Gasteiger partial charge in [0.25, 0.3) is 0 Å². The smallest absolute Gasteiger partial charge is 0.240 e. The molecular weight excluding hydrogens is 434 g/mol. The Labute approximate surface area is 196 Å². The summed E-state index contributed by atoms with van der Waals surface area (Å²) in [5, 5.41) is 0. The van der Waals surface area contributed by atoms with Crippen LogP contribution in [0.25, 0.3) is 11.3 Å². The molecule has 1 aliphatic heterocycles. The number of benzene rings is 2. The van der Waals surface area contributed by atoms with E-state index in [1.165, 1.54) is 5.69 Å². The predicted octanol–water partition coefficient (Wildman–Crippen LogP) is 3.33. The summed E-state index contributed by atoms with van der Waals surface area (Å²) in [6, 6.07) is 15.4. The highest BCUT2D eigenvalue weighted by Gasteiger charge is 2.18. The summed E-state index contributed by atoms with van der Waals surface area (Å²) in [6.07, 6.45) is 6.99. The van der Waals surface area contributed by atoms with Gasteiger partial charge in [-0.25, -0.2) is 13.1 Å². The summed E-state index contributed by atoms with van der Waals surface area (Å²) in [5.41, 5.74) is 4.22. The first-order valence-electron chi connectivity index (χ1n) is 11.4. The van der Waals surface area contributed by atoms with Gasteiger partial charge in [0, 0.05) is 56.4 Å². The monoisotopic (exact) mass is 465 g/mol. The fourth-order valence-electron chi connectivity index (χ4n) is 4.01. The number of anilines is 1. The van der Waals surface area contributed by atoms with Crippen LogP contribution in [0, 0.1) is 6.92 Å². The van der Waals surface area contributed by atoms with Gasteiger partial charge in [0.1, 0.15) is 0 Å². The van der Waals surface area contributed by atoms with E-state index in [-0.39, 0.29) is 0 Å². The summed E-state index contributed by atoms with van der Waals surface area (Å²) in [4.78, 5) is 13.8. The van der Waals surface area contributed by atoms with Gasteiger partial charge in [-0.1, -0.05) is 29.8 Å². The van der Waals surface area contributed by atoms with Gasteiger partial charge < -0.3 is 4.90 Å². The second kappa shape index (κ2) is 10.9. The molecule has 1 aliphatic rings. The van der Waals surface area contributed by atoms with E-state index < -0.39 is 10.0 Å². The quantitative estimate of drug-likeness (QED) is 0.489. The van der Waals surface area contributed by atoms with Crippen LogP contribution < -0.4 is 9.62 Å². The van der Waals surface area contributed by atoms with E-state index >= 15 is 0 Å². The number of piperazine rings is 1. The summed E-state index contributed by atoms with van der Waals surface area (Å²) >= 11 is 0. The summed E-state index contributed by atoms with van der Waals surface area (Å²) in [6.45, 7) is 7.36. The van der Waals surface area contributed by atoms with Gasteiger partial charge in [0.15, 0.2) is 0 Å². The molecule has 0 spiro atoms. The van der Waals surface area contributed by atoms with E-state index in [9.17, 15) is 8.42 Å². The van der Waals surface area contributed by atoms with Gasteiger partial charge in [0.2, 0.25) is 10.0 Å². The molecule has 2 aromatic carbocycles. The molecule has 174 valence electrons. The second-order valence-electron chi connectivity index (χ2n) is 8.39. The van der Waals surface area contributed by atoms with Crippen molar-refractivity contribution >= 4 is 15.7 Å². The number of rotatable bonds is 9. The van der Waals surface area contributed by atoms with Crippen LogP contribution in [-0.4, -0.2) is 62.6 Å². The lowest BCUT2D eigenvalue weighted by molar-refractivity contribution is 0.253. The fraction of sp³-hybridized carbons (Fsp3) is 0.360. The van der Waals surface area contributed by atoms with E-state index in [0.29, 0.717) is 11.4 Å². The zero-order valence-electron chi connectivity index (χ0n) is 19.0. The van der Waals surface area contributed by atoms with Crippen molar-refractivity contribution < 1.29 is 8.42 Å². The van der Waals surface area contributed by atoms with Crippen LogP contribution in [0.15, 0.2) is 72.0 Å². The molecular formula is C25H31N5O2S. The highest BCUT2D eigenvalue weighted by Crippen LogP contribution is 2.23. The van der Waals surface area contributed by atoms with Gasteiger partial charge in [0.05, 0.1) is 16.8 Å². The maximum absolute atomic E-state index is 12.4. The normalized spacial score (nSPS) is 15.0. The Balaban J connectivity index is 1.19. The van der Waals surface area contributed by atoms with Crippen molar-refractivity contribution in [3.63, 3.8) is 0 Å². The summed E-state index contributed by atoms with van der Waals surface area (Å²) in [5.74, 6) is 0. The maximum Gasteiger partial charge on any atom is 0.240 e. The molecule has 4 rings (SSSR count). The largest absolute Gasteiger partial charge is 0.369 e. The van der Waals surface area contributed by atoms with Crippen molar-refractivity contribution in [2.24, 2.45) is 0 Å². The van der Waals surface area contributed by atoms with E-state index in [1.54, 1.807) is 30.7 Å². The Morgan fingerprint density at radius 1 is 0.970 bits per heavy atom. The molecule has 1 fully saturated rings. The maximum atomic E-state index is 12.4. The minimum atomic E-state index is -3.42. The molecule has 0 bridgehead atoms. The summed E-state index contributed by atoms with van der Waals surface area (Å²) in [7, 11) is -3.42. The number of aromatic nitrogens is 2. The summed E-state index contributed by atoms with van der Waals surface area (Å²) < 4.78 is 27.4. The predicted molar refractivity (Wildman–Crippen MR) is 132 cm³/mol. The number of nitrogens with zero attached hydrogens (tertiary/aromatic N) is 4. The zero-order valence-corrected chi connectivity index (χ0v) is 19.8. The average Bonchev–Trinajstić information content (AvgIpc) is 2.85. The average molecular weight is 466 g/mol. The van der Waals surface area contributed by atoms with Crippen molar-refractivity contribution in [1.82, 2.24) is 19.6 Å². The van der Waals surface area contributed by atoms with Crippen molar-refractivity contribution in [3.05, 3.63) is 72.7 Å². The molecule has 0 radical (unpaired) electrons. The zero-order chi connectivity index (χ0) is 23.1. The molecule has 33 heavy (non-hydrogen) atoms. The number of hydrogen-bond acceptors (Lipinski definition) is 6. The van der Waals surface area contributed by atoms with Crippen LogP contribution >= 0.6 is 0 Å². The van der Waals surface area contributed by atoms with Crippen molar-refractivity contribution in [2.75, 3.05) is 44.2 Å². The molecule has 0 aliphatic carbocycles. The molecule has 0 unspecified atom stereocenters. The van der Waals surface area contributed by atoms with E-state index in [4.69, 9.17) is 0 Å². The first-order chi connectivity index (χ1) is 16.0. The highest BCUT2D eigenvalue weighted by molar-refractivity contribution is 7.89. The number of sulfonamides is 1. The Bertz CT molecular complexity index is 1130. The molecule has 1 N–H and O–H groups in total. The number of unbranched alkanes of at least 4 members (excludes halogenated alkanes) is 1. The van der Waals surface area contributed by atoms with E-state index in [2.05, 4.69) is 48.8 Å². The second-order valence-corrected chi connectivity index (χ2v) is 10.2. The first kappa shape index (κ1) is 23.4. The Morgan fingerprint density at radius 2 is 1.76 bits per heavy atom. The molecule has 0 atom stereocenters. The third kappa shape index (κ3) is 6.37. The lowest BCUT2D eigenvalue weighted by atomic mass is 10.1. The topological polar surface area (TPSA) is 78.4 Å². The van der Waals surface area contributed by atoms with Gasteiger partial charge >= 0.3 is 0 Å². The van der Waals surface area contributed by atoms with E-state index in [0.717, 1.165) is 62.4 Å². The molecule has 0 saturated carbocycles. The van der Waals surface area contributed by atoms with Crippen LogP contribution in [0.2, 0.25) is 0 Å². The molecule has 0 amide bonds. The van der Waals surface area contributed by atoms with Crippen molar-refractivity contribution in [1.29, 1.82) is 0 Å². The van der Waals surface area contributed by atoms with Crippen LogP contribution in [-0.2, 0) is 10.0 Å². The molecule has 1 saturated heterocycles. The minimum absolute atomic E-state index is 0.326. The Hall–Kier alpha value is -2.81. The molecule has 8 heteroatoms. The van der Waals surface area contributed by atoms with Crippen LogP contribution in [0.1, 0.15) is 18.4 Å². The van der Waals surface area contributed by atoms with Crippen LogP contribution in [0.4, 0.5) is 5.69 Å². The minimum Gasteiger partial charge on any atom is -0.369 e. The lowest BCUT2D eigenvalue weighted by Crippen LogP contribution is -2.46.